The van der Waals surface area contributed by atoms with Crippen LogP contribution in [-0.4, -0.2) is 49.8 Å². The molecule has 1 heterocycles. The van der Waals surface area contributed by atoms with Crippen LogP contribution >= 0.6 is 0 Å². The Morgan fingerprint density at radius 1 is 0.958 bits per heavy atom. The largest absolute Gasteiger partial charge is 0.497 e. The average molecular weight is 326 g/mol. The highest BCUT2D eigenvalue weighted by Gasteiger charge is 2.18. The lowest BCUT2D eigenvalue weighted by Crippen LogP contribution is -2.46. The van der Waals surface area contributed by atoms with Crippen LogP contribution in [0.5, 0.6) is 5.75 Å². The highest BCUT2D eigenvalue weighted by atomic mass is 16.5. The molecule has 4 nitrogen and oxygen atoms in total. The molecule has 4 heteroatoms. The normalized spacial score (nSPS) is 16.8. The van der Waals surface area contributed by atoms with Gasteiger partial charge in [-0.1, -0.05) is 30.3 Å². The molecule has 2 aromatic rings. The van der Waals surface area contributed by atoms with Gasteiger partial charge in [0.1, 0.15) is 5.75 Å². The summed E-state index contributed by atoms with van der Waals surface area (Å²) >= 11 is 0. The Morgan fingerprint density at radius 3 is 2.25 bits per heavy atom. The van der Waals surface area contributed by atoms with Gasteiger partial charge in [0.05, 0.1) is 13.2 Å². The first-order chi connectivity index (χ1) is 11.8. The number of piperazine rings is 1. The molecule has 128 valence electrons. The molecule has 1 aliphatic rings. The number of hydrogen-bond donors (Lipinski definition) is 1. The van der Waals surface area contributed by atoms with Gasteiger partial charge < -0.3 is 14.7 Å². The summed E-state index contributed by atoms with van der Waals surface area (Å²) in [5.74, 6) is 0.822. The SMILES string of the molecule is COc1ccc(C(O)CCN2CCN(c3ccccc3)CC2)cc1. The third-order valence-corrected chi connectivity index (χ3v) is 4.71. The minimum absolute atomic E-state index is 0.414. The quantitative estimate of drug-likeness (QED) is 0.885. The zero-order chi connectivity index (χ0) is 16.8. The van der Waals surface area contributed by atoms with Crippen molar-refractivity contribution in [3.63, 3.8) is 0 Å². The van der Waals surface area contributed by atoms with Gasteiger partial charge >= 0.3 is 0 Å². The number of hydrogen-bond acceptors (Lipinski definition) is 4. The summed E-state index contributed by atoms with van der Waals surface area (Å²) in [5, 5.41) is 10.4. The fourth-order valence-corrected chi connectivity index (χ4v) is 3.17. The highest BCUT2D eigenvalue weighted by Crippen LogP contribution is 2.21. The van der Waals surface area contributed by atoms with Gasteiger partial charge in [0.25, 0.3) is 0 Å². The zero-order valence-corrected chi connectivity index (χ0v) is 14.3. The number of aliphatic hydroxyl groups excluding tert-OH is 1. The molecule has 0 amide bonds. The molecular weight excluding hydrogens is 300 g/mol. The van der Waals surface area contributed by atoms with E-state index in [1.165, 1.54) is 5.69 Å². The number of aliphatic hydroxyl groups is 1. The maximum Gasteiger partial charge on any atom is 0.118 e. The molecule has 1 unspecified atom stereocenters. The predicted molar refractivity (Wildman–Crippen MR) is 97.7 cm³/mol. The van der Waals surface area contributed by atoms with Crippen molar-refractivity contribution < 1.29 is 9.84 Å². The van der Waals surface area contributed by atoms with Crippen LogP contribution in [0.15, 0.2) is 54.6 Å². The van der Waals surface area contributed by atoms with Crippen LogP contribution in [0.25, 0.3) is 0 Å². The monoisotopic (exact) mass is 326 g/mol. The smallest absolute Gasteiger partial charge is 0.118 e. The van der Waals surface area contributed by atoms with E-state index in [0.717, 1.165) is 50.5 Å². The maximum absolute atomic E-state index is 10.4. The van der Waals surface area contributed by atoms with Crippen LogP contribution in [0.2, 0.25) is 0 Å². The average Bonchev–Trinajstić information content (AvgIpc) is 2.67. The summed E-state index contributed by atoms with van der Waals surface area (Å²) in [6.07, 6.45) is 0.348. The first-order valence-electron chi connectivity index (χ1n) is 8.60. The molecule has 1 saturated heterocycles. The number of ether oxygens (including phenoxy) is 1. The van der Waals surface area contributed by atoms with Gasteiger partial charge in [0.2, 0.25) is 0 Å². The third kappa shape index (κ3) is 4.28. The molecule has 3 rings (SSSR count). The summed E-state index contributed by atoms with van der Waals surface area (Å²) in [4.78, 5) is 4.86. The molecule has 24 heavy (non-hydrogen) atoms. The number of anilines is 1. The van der Waals surface area contributed by atoms with Crippen molar-refractivity contribution >= 4 is 5.69 Å². The summed E-state index contributed by atoms with van der Waals surface area (Å²) in [6, 6.07) is 18.3. The van der Waals surface area contributed by atoms with Crippen molar-refractivity contribution in [3.05, 3.63) is 60.2 Å². The van der Waals surface area contributed by atoms with Crippen molar-refractivity contribution in [3.8, 4) is 5.75 Å². The Hall–Kier alpha value is -2.04. The fraction of sp³-hybridized carbons (Fsp3) is 0.400. The molecule has 1 N–H and O–H groups in total. The van der Waals surface area contributed by atoms with Crippen LogP contribution in [0.1, 0.15) is 18.1 Å². The van der Waals surface area contributed by atoms with E-state index < -0.39 is 6.10 Å². The van der Waals surface area contributed by atoms with Crippen LogP contribution in [0, 0.1) is 0 Å². The van der Waals surface area contributed by atoms with Gasteiger partial charge in [0.15, 0.2) is 0 Å². The molecule has 0 saturated carbocycles. The third-order valence-electron chi connectivity index (χ3n) is 4.71. The second-order valence-electron chi connectivity index (χ2n) is 6.24. The summed E-state index contributed by atoms with van der Waals surface area (Å²) in [6.45, 7) is 5.11. The van der Waals surface area contributed by atoms with Gasteiger partial charge in [-0.05, 0) is 36.2 Å². The molecular formula is C20H26N2O2. The molecule has 1 fully saturated rings. The first kappa shape index (κ1) is 16.8. The van der Waals surface area contributed by atoms with E-state index >= 15 is 0 Å². The molecule has 0 aromatic heterocycles. The van der Waals surface area contributed by atoms with Gasteiger partial charge in [-0.3, -0.25) is 4.90 Å². The Morgan fingerprint density at radius 2 is 1.62 bits per heavy atom. The van der Waals surface area contributed by atoms with Gasteiger partial charge in [-0.15, -0.1) is 0 Å². The van der Waals surface area contributed by atoms with Crippen molar-refractivity contribution in [1.29, 1.82) is 0 Å². The van der Waals surface area contributed by atoms with Crippen LogP contribution < -0.4 is 9.64 Å². The second-order valence-corrected chi connectivity index (χ2v) is 6.24. The molecule has 1 atom stereocenters. The summed E-state index contributed by atoms with van der Waals surface area (Å²) in [5.41, 5.74) is 2.26. The Bertz CT molecular complexity index is 607. The lowest BCUT2D eigenvalue weighted by Gasteiger charge is -2.36. The Labute approximate surface area is 144 Å². The topological polar surface area (TPSA) is 35.9 Å². The standard InChI is InChI=1S/C20H26N2O2/c1-24-19-9-7-17(8-10-19)20(23)11-12-21-13-15-22(16-14-21)18-5-3-2-4-6-18/h2-10,20,23H,11-16H2,1H3. The van der Waals surface area contributed by atoms with Crippen molar-refractivity contribution in [2.75, 3.05) is 44.7 Å². The molecule has 0 aliphatic carbocycles. The van der Waals surface area contributed by atoms with E-state index in [2.05, 4.69) is 40.1 Å². The zero-order valence-electron chi connectivity index (χ0n) is 14.3. The van der Waals surface area contributed by atoms with E-state index in [9.17, 15) is 5.11 Å². The van der Waals surface area contributed by atoms with E-state index in [0.29, 0.717) is 0 Å². The van der Waals surface area contributed by atoms with Crippen LogP contribution in [0.4, 0.5) is 5.69 Å². The fourth-order valence-electron chi connectivity index (χ4n) is 3.17. The van der Waals surface area contributed by atoms with Gasteiger partial charge in [-0.2, -0.15) is 0 Å². The van der Waals surface area contributed by atoms with Gasteiger partial charge in [0, 0.05) is 38.4 Å². The molecule has 0 spiro atoms. The molecule has 2 aromatic carbocycles. The predicted octanol–water partition coefficient (Wildman–Crippen LogP) is 2.94. The van der Waals surface area contributed by atoms with Crippen LogP contribution in [-0.2, 0) is 0 Å². The molecule has 1 aliphatic heterocycles. The van der Waals surface area contributed by atoms with E-state index in [4.69, 9.17) is 4.74 Å². The van der Waals surface area contributed by atoms with E-state index in [1.54, 1.807) is 7.11 Å². The Balaban J connectivity index is 1.44. The minimum atomic E-state index is -0.414. The van der Waals surface area contributed by atoms with Crippen molar-refractivity contribution in [2.24, 2.45) is 0 Å². The lowest BCUT2D eigenvalue weighted by atomic mass is 10.1. The number of para-hydroxylation sites is 1. The lowest BCUT2D eigenvalue weighted by molar-refractivity contribution is 0.139. The number of benzene rings is 2. The first-order valence-corrected chi connectivity index (χ1v) is 8.60. The van der Waals surface area contributed by atoms with E-state index in [1.807, 2.05) is 24.3 Å². The van der Waals surface area contributed by atoms with Crippen LogP contribution in [0.3, 0.4) is 0 Å². The second kappa shape index (κ2) is 8.18. The Kier molecular flexibility index (Phi) is 5.72. The number of rotatable bonds is 6. The number of nitrogens with zero attached hydrogens (tertiary/aromatic N) is 2. The number of methoxy groups -OCH3 is 1. The maximum atomic E-state index is 10.4. The van der Waals surface area contributed by atoms with Gasteiger partial charge in [-0.25, -0.2) is 0 Å². The minimum Gasteiger partial charge on any atom is -0.497 e. The summed E-state index contributed by atoms with van der Waals surface area (Å²) in [7, 11) is 1.65. The molecule has 0 radical (unpaired) electrons. The van der Waals surface area contributed by atoms with E-state index in [-0.39, 0.29) is 0 Å². The highest BCUT2D eigenvalue weighted by molar-refractivity contribution is 5.46. The van der Waals surface area contributed by atoms with Crippen molar-refractivity contribution in [1.82, 2.24) is 4.90 Å². The summed E-state index contributed by atoms with van der Waals surface area (Å²) < 4.78 is 5.16. The molecule has 0 bridgehead atoms. The van der Waals surface area contributed by atoms with Crippen molar-refractivity contribution in [2.45, 2.75) is 12.5 Å².